The summed E-state index contributed by atoms with van der Waals surface area (Å²) < 4.78 is 11.1. The van der Waals surface area contributed by atoms with Crippen molar-refractivity contribution in [2.75, 3.05) is 65.6 Å². The lowest BCUT2D eigenvalue weighted by Gasteiger charge is -2.30. The summed E-state index contributed by atoms with van der Waals surface area (Å²) in [5.74, 6) is 3.38. The number of oxazole rings is 1. The Morgan fingerprint density at radius 1 is 1.10 bits per heavy atom. The molecule has 0 amide bonds. The molecule has 2 aliphatic rings. The summed E-state index contributed by atoms with van der Waals surface area (Å²) in [5, 5.41) is 6.88. The highest BCUT2D eigenvalue weighted by molar-refractivity contribution is 5.79. The molecular weight excluding hydrogens is 380 g/mol. The number of aliphatic imine (C=N–C) groups is 1. The van der Waals surface area contributed by atoms with E-state index >= 15 is 0 Å². The first-order valence-electron chi connectivity index (χ1n) is 11.6. The maximum absolute atomic E-state index is 5.73. The number of hydrogen-bond acceptors (Lipinski definition) is 6. The van der Waals surface area contributed by atoms with Crippen LogP contribution in [0.1, 0.15) is 43.5 Å². The van der Waals surface area contributed by atoms with Gasteiger partial charge in [-0.15, -0.1) is 0 Å². The average molecular weight is 421 g/mol. The van der Waals surface area contributed by atoms with Gasteiger partial charge >= 0.3 is 0 Å². The molecule has 0 aromatic carbocycles. The summed E-state index contributed by atoms with van der Waals surface area (Å²) in [5.41, 5.74) is 1.00. The molecule has 0 saturated carbocycles. The predicted molar refractivity (Wildman–Crippen MR) is 120 cm³/mol. The van der Waals surface area contributed by atoms with Crippen molar-refractivity contribution in [3.05, 3.63) is 17.3 Å². The van der Waals surface area contributed by atoms with E-state index in [-0.39, 0.29) is 0 Å². The Balaban J connectivity index is 1.34. The molecule has 1 aromatic rings. The highest BCUT2D eigenvalue weighted by atomic mass is 16.5. The van der Waals surface area contributed by atoms with Crippen LogP contribution in [-0.4, -0.2) is 86.3 Å². The van der Waals surface area contributed by atoms with Crippen molar-refractivity contribution in [1.82, 2.24) is 25.4 Å². The fraction of sp³-hybridized carbons (Fsp3) is 0.818. The summed E-state index contributed by atoms with van der Waals surface area (Å²) in [4.78, 5) is 14.3. The van der Waals surface area contributed by atoms with Crippen molar-refractivity contribution in [1.29, 1.82) is 0 Å². The predicted octanol–water partition coefficient (Wildman–Crippen LogP) is 1.78. The number of guanidine groups is 1. The molecule has 8 heteroatoms. The molecular formula is C22H40N6O2. The van der Waals surface area contributed by atoms with Gasteiger partial charge in [-0.25, -0.2) is 4.98 Å². The first kappa shape index (κ1) is 23.0. The summed E-state index contributed by atoms with van der Waals surface area (Å²) in [6.07, 6.45) is 3.49. The van der Waals surface area contributed by atoms with Crippen molar-refractivity contribution < 1.29 is 9.15 Å². The maximum atomic E-state index is 5.73. The van der Waals surface area contributed by atoms with E-state index in [0.29, 0.717) is 5.92 Å². The van der Waals surface area contributed by atoms with Crippen molar-refractivity contribution in [2.24, 2.45) is 10.9 Å². The second-order valence-corrected chi connectivity index (χ2v) is 8.42. The summed E-state index contributed by atoms with van der Waals surface area (Å²) in [6, 6.07) is 0. The topological polar surface area (TPSA) is 78.2 Å². The van der Waals surface area contributed by atoms with Gasteiger partial charge in [-0.05, 0) is 65.6 Å². The minimum absolute atomic E-state index is 0.651. The second kappa shape index (κ2) is 12.3. The number of aromatic nitrogens is 1. The minimum Gasteiger partial charge on any atom is -0.444 e. The summed E-state index contributed by atoms with van der Waals surface area (Å²) in [6.45, 7) is 16.8. The van der Waals surface area contributed by atoms with E-state index in [9.17, 15) is 0 Å². The zero-order valence-corrected chi connectivity index (χ0v) is 19.1. The zero-order valence-electron chi connectivity index (χ0n) is 19.1. The molecule has 2 aliphatic heterocycles. The molecule has 3 rings (SSSR count). The summed E-state index contributed by atoms with van der Waals surface area (Å²) in [7, 11) is 0. The van der Waals surface area contributed by atoms with Crippen LogP contribution < -0.4 is 10.6 Å². The van der Waals surface area contributed by atoms with Gasteiger partial charge in [-0.2, -0.15) is 0 Å². The van der Waals surface area contributed by atoms with Crippen LogP contribution in [0.25, 0.3) is 0 Å². The Bertz CT molecular complexity index is 629. The van der Waals surface area contributed by atoms with Crippen LogP contribution in [0.5, 0.6) is 0 Å². The van der Waals surface area contributed by atoms with Crippen LogP contribution in [-0.2, 0) is 11.3 Å². The lowest BCUT2D eigenvalue weighted by Crippen LogP contribution is -2.41. The molecule has 1 aromatic heterocycles. The van der Waals surface area contributed by atoms with Crippen LogP contribution in [0.15, 0.2) is 9.41 Å². The molecule has 2 N–H and O–H groups in total. The van der Waals surface area contributed by atoms with Gasteiger partial charge in [0, 0.05) is 32.7 Å². The molecule has 0 unspecified atom stereocenters. The van der Waals surface area contributed by atoms with Crippen LogP contribution in [0.2, 0.25) is 0 Å². The molecule has 170 valence electrons. The van der Waals surface area contributed by atoms with E-state index in [2.05, 4.69) is 32.3 Å². The number of morpholine rings is 1. The maximum Gasteiger partial charge on any atom is 0.208 e. The quantitative estimate of drug-likeness (QED) is 0.358. The second-order valence-electron chi connectivity index (χ2n) is 8.42. The Labute approximate surface area is 181 Å². The average Bonchev–Trinajstić information content (AvgIpc) is 3.07. The van der Waals surface area contributed by atoms with Crippen LogP contribution >= 0.6 is 0 Å². The fourth-order valence-corrected chi connectivity index (χ4v) is 4.02. The van der Waals surface area contributed by atoms with Crippen LogP contribution in [0, 0.1) is 19.8 Å². The van der Waals surface area contributed by atoms with Gasteiger partial charge in [0.25, 0.3) is 0 Å². The number of rotatable bonds is 9. The third kappa shape index (κ3) is 7.56. The Kier molecular flexibility index (Phi) is 9.42. The van der Waals surface area contributed by atoms with E-state index in [1.54, 1.807) is 0 Å². The SMILES string of the molecule is CCNC(=NCC1CCN(Cc2nc(C)c(C)o2)CC1)NCCCN1CCOCC1. The van der Waals surface area contributed by atoms with Crippen LogP contribution in [0.3, 0.4) is 0 Å². The first-order chi connectivity index (χ1) is 14.6. The fourth-order valence-electron chi connectivity index (χ4n) is 4.02. The molecule has 8 nitrogen and oxygen atoms in total. The largest absolute Gasteiger partial charge is 0.444 e. The standard InChI is InChI=1S/C22H40N6O2/c1-4-23-22(24-8-5-9-27-12-14-29-15-13-27)25-16-20-6-10-28(11-7-20)17-21-26-18(2)19(3)30-21/h20H,4-17H2,1-3H3,(H2,23,24,25). The Morgan fingerprint density at radius 2 is 1.87 bits per heavy atom. The van der Waals surface area contributed by atoms with Gasteiger partial charge in [-0.1, -0.05) is 0 Å². The molecule has 0 aliphatic carbocycles. The molecule has 0 spiro atoms. The lowest BCUT2D eigenvalue weighted by molar-refractivity contribution is 0.0376. The van der Waals surface area contributed by atoms with E-state index in [4.69, 9.17) is 14.1 Å². The van der Waals surface area contributed by atoms with E-state index < -0.39 is 0 Å². The molecule has 0 atom stereocenters. The normalized spacial score (nSPS) is 19.9. The highest BCUT2D eigenvalue weighted by Crippen LogP contribution is 2.20. The smallest absolute Gasteiger partial charge is 0.208 e. The van der Waals surface area contributed by atoms with E-state index in [1.165, 1.54) is 12.8 Å². The first-order valence-corrected chi connectivity index (χ1v) is 11.6. The zero-order chi connectivity index (χ0) is 21.2. The molecule has 3 heterocycles. The van der Waals surface area contributed by atoms with E-state index in [1.807, 2.05) is 13.8 Å². The number of likely N-dealkylation sites (tertiary alicyclic amines) is 1. The Morgan fingerprint density at radius 3 is 2.53 bits per heavy atom. The van der Waals surface area contributed by atoms with E-state index in [0.717, 1.165) is 102 Å². The molecule has 0 bridgehead atoms. The third-order valence-corrected chi connectivity index (χ3v) is 6.04. The molecule has 2 fully saturated rings. The van der Waals surface area contributed by atoms with Gasteiger partial charge in [-0.3, -0.25) is 14.8 Å². The van der Waals surface area contributed by atoms with Gasteiger partial charge < -0.3 is 19.8 Å². The number of aryl methyl sites for hydroxylation is 2. The number of ether oxygens (including phenoxy) is 1. The van der Waals surface area contributed by atoms with Gasteiger partial charge in [0.05, 0.1) is 25.5 Å². The van der Waals surface area contributed by atoms with Crippen LogP contribution in [0.4, 0.5) is 0 Å². The number of hydrogen-bond donors (Lipinski definition) is 2. The van der Waals surface area contributed by atoms with Crippen molar-refractivity contribution in [3.8, 4) is 0 Å². The van der Waals surface area contributed by atoms with Crippen molar-refractivity contribution >= 4 is 5.96 Å². The lowest BCUT2D eigenvalue weighted by atomic mass is 9.97. The van der Waals surface area contributed by atoms with Gasteiger partial charge in [0.1, 0.15) is 5.76 Å². The molecule has 30 heavy (non-hydrogen) atoms. The molecule has 0 radical (unpaired) electrons. The monoisotopic (exact) mass is 420 g/mol. The third-order valence-electron chi connectivity index (χ3n) is 6.04. The number of piperidine rings is 1. The van der Waals surface area contributed by atoms with Gasteiger partial charge in [0.15, 0.2) is 5.96 Å². The molecule has 2 saturated heterocycles. The highest BCUT2D eigenvalue weighted by Gasteiger charge is 2.21. The number of nitrogens with zero attached hydrogens (tertiary/aromatic N) is 4. The van der Waals surface area contributed by atoms with Gasteiger partial charge in [0.2, 0.25) is 5.89 Å². The minimum atomic E-state index is 0.651. The van der Waals surface area contributed by atoms with Crippen molar-refractivity contribution in [3.63, 3.8) is 0 Å². The summed E-state index contributed by atoms with van der Waals surface area (Å²) >= 11 is 0. The van der Waals surface area contributed by atoms with Crippen molar-refractivity contribution in [2.45, 2.75) is 46.6 Å². The Hall–Kier alpha value is -1.64. The number of nitrogens with one attached hydrogen (secondary N) is 2.